The number of aryl methyl sites for hydroxylation is 1. The third kappa shape index (κ3) is 3.15. The van der Waals surface area contributed by atoms with Gasteiger partial charge in [-0.25, -0.2) is 4.98 Å². The summed E-state index contributed by atoms with van der Waals surface area (Å²) in [7, 11) is 0. The van der Waals surface area contributed by atoms with E-state index in [9.17, 15) is 0 Å². The van der Waals surface area contributed by atoms with Crippen molar-refractivity contribution in [3.05, 3.63) is 45.5 Å². The van der Waals surface area contributed by atoms with Crippen LogP contribution in [0.25, 0.3) is 0 Å². The number of nitrogens with two attached hydrogens (primary N) is 1. The molecule has 0 bridgehead atoms. The molecule has 0 spiro atoms. The van der Waals surface area contributed by atoms with E-state index in [1.165, 1.54) is 0 Å². The van der Waals surface area contributed by atoms with Gasteiger partial charge in [-0.15, -0.1) is 0 Å². The summed E-state index contributed by atoms with van der Waals surface area (Å²) in [6, 6.07) is 7.67. The van der Waals surface area contributed by atoms with Crippen molar-refractivity contribution in [2.45, 2.75) is 16.8 Å². The van der Waals surface area contributed by atoms with Crippen LogP contribution in [0.3, 0.4) is 0 Å². The van der Waals surface area contributed by atoms with Gasteiger partial charge in [-0.3, -0.25) is 0 Å². The molecule has 0 aliphatic heterocycles. The molecule has 2 N–H and O–H groups in total. The lowest BCUT2D eigenvalue weighted by Gasteiger charge is -2.07. The highest BCUT2D eigenvalue weighted by atomic mass is 79.9. The molecule has 2 aromatic rings. The lowest BCUT2D eigenvalue weighted by atomic mass is 10.2. The molecular formula is C12H10BrClN2S. The highest BCUT2D eigenvalue weighted by Crippen LogP contribution is 2.35. The minimum atomic E-state index is 0.641. The molecule has 2 rings (SSSR count). The van der Waals surface area contributed by atoms with Crippen molar-refractivity contribution in [3.8, 4) is 0 Å². The first-order valence-corrected chi connectivity index (χ1v) is 6.90. The number of rotatable bonds is 2. The SMILES string of the molecule is Cc1cc(Sc2ccc(Cl)cn2)c(Br)cc1N. The lowest BCUT2D eigenvalue weighted by Crippen LogP contribution is -1.90. The standard InChI is InChI=1S/C12H10BrClN2S/c1-7-4-11(9(13)5-10(7)15)17-12-3-2-8(14)6-16-12/h2-6H,15H2,1H3. The first-order chi connectivity index (χ1) is 8.06. The van der Waals surface area contributed by atoms with E-state index in [1.54, 1.807) is 18.0 Å². The van der Waals surface area contributed by atoms with Crippen molar-refractivity contribution >= 4 is 45.0 Å². The zero-order chi connectivity index (χ0) is 12.4. The Bertz CT molecular complexity index is 543. The largest absolute Gasteiger partial charge is 0.398 e. The van der Waals surface area contributed by atoms with Crippen LogP contribution >= 0.6 is 39.3 Å². The van der Waals surface area contributed by atoms with Crippen molar-refractivity contribution in [1.29, 1.82) is 0 Å². The molecule has 0 aliphatic carbocycles. The summed E-state index contributed by atoms with van der Waals surface area (Å²) in [4.78, 5) is 5.34. The van der Waals surface area contributed by atoms with Gasteiger partial charge in [0.1, 0.15) is 5.03 Å². The van der Waals surface area contributed by atoms with Crippen molar-refractivity contribution in [2.75, 3.05) is 5.73 Å². The molecule has 1 aromatic heterocycles. The van der Waals surface area contributed by atoms with Gasteiger partial charge in [-0.2, -0.15) is 0 Å². The van der Waals surface area contributed by atoms with E-state index >= 15 is 0 Å². The Hall–Kier alpha value is -0.710. The van der Waals surface area contributed by atoms with E-state index in [0.29, 0.717) is 5.02 Å². The van der Waals surface area contributed by atoms with Gasteiger partial charge in [0, 0.05) is 21.3 Å². The summed E-state index contributed by atoms with van der Waals surface area (Å²) >= 11 is 10.9. The number of halogens is 2. The van der Waals surface area contributed by atoms with Crippen molar-refractivity contribution in [2.24, 2.45) is 0 Å². The van der Waals surface area contributed by atoms with Gasteiger partial charge in [0.2, 0.25) is 0 Å². The number of aromatic nitrogens is 1. The smallest absolute Gasteiger partial charge is 0.101 e. The van der Waals surface area contributed by atoms with Crippen LogP contribution in [0.2, 0.25) is 5.02 Å². The van der Waals surface area contributed by atoms with Gasteiger partial charge in [0.25, 0.3) is 0 Å². The zero-order valence-corrected chi connectivity index (χ0v) is 12.2. The van der Waals surface area contributed by atoms with Crippen LogP contribution in [0.1, 0.15) is 5.56 Å². The Morgan fingerprint density at radius 3 is 2.76 bits per heavy atom. The average molecular weight is 330 g/mol. The predicted octanol–water partition coefficient (Wildman–Crippen LogP) is 4.54. The maximum Gasteiger partial charge on any atom is 0.101 e. The van der Waals surface area contributed by atoms with Crippen LogP contribution in [0, 0.1) is 6.92 Å². The quantitative estimate of drug-likeness (QED) is 0.822. The second-order valence-electron chi connectivity index (χ2n) is 3.56. The molecule has 0 saturated heterocycles. The molecular weight excluding hydrogens is 320 g/mol. The topological polar surface area (TPSA) is 38.9 Å². The van der Waals surface area contributed by atoms with Crippen molar-refractivity contribution in [3.63, 3.8) is 0 Å². The van der Waals surface area contributed by atoms with Gasteiger partial charge in [0.05, 0.1) is 5.02 Å². The molecule has 0 saturated carbocycles. The Balaban J connectivity index is 2.30. The van der Waals surface area contributed by atoms with Gasteiger partial charge in [-0.05, 0) is 52.7 Å². The Morgan fingerprint density at radius 2 is 2.12 bits per heavy atom. The Labute approximate surface area is 118 Å². The van der Waals surface area contributed by atoms with E-state index in [4.69, 9.17) is 17.3 Å². The first kappa shape index (κ1) is 12.7. The molecule has 0 radical (unpaired) electrons. The number of hydrogen-bond acceptors (Lipinski definition) is 3. The highest BCUT2D eigenvalue weighted by Gasteiger charge is 2.06. The first-order valence-electron chi connectivity index (χ1n) is 4.91. The number of hydrogen-bond donors (Lipinski definition) is 1. The molecule has 0 fully saturated rings. The third-order valence-corrected chi connectivity index (χ3v) is 4.39. The van der Waals surface area contributed by atoms with E-state index in [2.05, 4.69) is 20.9 Å². The molecule has 0 unspecified atom stereocenters. The maximum absolute atomic E-state index is 5.83. The highest BCUT2D eigenvalue weighted by molar-refractivity contribution is 9.10. The summed E-state index contributed by atoms with van der Waals surface area (Å²) in [6.45, 7) is 1.99. The normalized spacial score (nSPS) is 10.5. The van der Waals surface area contributed by atoms with Crippen LogP contribution in [-0.2, 0) is 0 Å². The monoisotopic (exact) mass is 328 g/mol. The van der Waals surface area contributed by atoms with Crippen LogP contribution in [0.5, 0.6) is 0 Å². The lowest BCUT2D eigenvalue weighted by molar-refractivity contribution is 1.13. The minimum Gasteiger partial charge on any atom is -0.398 e. The molecule has 1 aromatic carbocycles. The van der Waals surface area contributed by atoms with E-state index in [1.807, 2.05) is 31.2 Å². The molecule has 17 heavy (non-hydrogen) atoms. The minimum absolute atomic E-state index is 0.641. The molecule has 0 atom stereocenters. The average Bonchev–Trinajstić information content (AvgIpc) is 2.29. The molecule has 0 aliphatic rings. The van der Waals surface area contributed by atoms with Crippen LogP contribution in [0.15, 0.2) is 44.9 Å². The molecule has 2 nitrogen and oxygen atoms in total. The van der Waals surface area contributed by atoms with Gasteiger partial charge in [-0.1, -0.05) is 23.4 Å². The van der Waals surface area contributed by atoms with E-state index in [-0.39, 0.29) is 0 Å². The van der Waals surface area contributed by atoms with Crippen LogP contribution in [-0.4, -0.2) is 4.98 Å². The van der Waals surface area contributed by atoms with Crippen molar-refractivity contribution < 1.29 is 0 Å². The van der Waals surface area contributed by atoms with Gasteiger partial charge >= 0.3 is 0 Å². The van der Waals surface area contributed by atoms with E-state index < -0.39 is 0 Å². The Kier molecular flexibility index (Phi) is 3.97. The summed E-state index contributed by atoms with van der Waals surface area (Å²) in [5.74, 6) is 0. The fraction of sp³-hybridized carbons (Fsp3) is 0.0833. The number of nitrogens with zero attached hydrogens (tertiary/aromatic N) is 1. The maximum atomic E-state index is 5.83. The zero-order valence-electron chi connectivity index (χ0n) is 9.08. The van der Waals surface area contributed by atoms with Crippen LogP contribution < -0.4 is 5.73 Å². The number of anilines is 1. The summed E-state index contributed by atoms with van der Waals surface area (Å²) < 4.78 is 0.974. The second-order valence-corrected chi connectivity index (χ2v) is 5.91. The van der Waals surface area contributed by atoms with Crippen LogP contribution in [0.4, 0.5) is 5.69 Å². The molecule has 0 amide bonds. The number of pyridine rings is 1. The second kappa shape index (κ2) is 5.29. The van der Waals surface area contributed by atoms with E-state index in [0.717, 1.165) is 25.6 Å². The fourth-order valence-electron chi connectivity index (χ4n) is 1.28. The molecule has 5 heteroatoms. The predicted molar refractivity (Wildman–Crippen MR) is 76.7 cm³/mol. The molecule has 88 valence electrons. The summed E-state index contributed by atoms with van der Waals surface area (Å²) in [5, 5.41) is 1.54. The number of benzene rings is 1. The number of nitrogen functional groups attached to an aromatic ring is 1. The van der Waals surface area contributed by atoms with Gasteiger partial charge in [0.15, 0.2) is 0 Å². The molecule has 1 heterocycles. The fourth-order valence-corrected chi connectivity index (χ4v) is 2.86. The van der Waals surface area contributed by atoms with Gasteiger partial charge < -0.3 is 5.73 Å². The Morgan fingerprint density at radius 1 is 1.35 bits per heavy atom. The van der Waals surface area contributed by atoms with Crippen molar-refractivity contribution in [1.82, 2.24) is 4.98 Å². The summed E-state index contributed by atoms with van der Waals surface area (Å²) in [5.41, 5.74) is 7.67. The summed E-state index contributed by atoms with van der Waals surface area (Å²) in [6.07, 6.45) is 1.64. The third-order valence-electron chi connectivity index (χ3n) is 2.24.